The van der Waals surface area contributed by atoms with Crippen molar-refractivity contribution in [2.24, 2.45) is 11.3 Å². The smallest absolute Gasteiger partial charge is 0.332 e. The van der Waals surface area contributed by atoms with Crippen molar-refractivity contribution in [2.75, 3.05) is 13.7 Å². The third-order valence-corrected chi connectivity index (χ3v) is 4.54. The first kappa shape index (κ1) is 18.4. The van der Waals surface area contributed by atoms with Crippen molar-refractivity contribution in [1.29, 1.82) is 0 Å². The number of ketones is 1. The van der Waals surface area contributed by atoms with Gasteiger partial charge in [-0.05, 0) is 18.8 Å². The lowest BCUT2D eigenvalue weighted by molar-refractivity contribution is -0.156. The van der Waals surface area contributed by atoms with E-state index in [4.69, 9.17) is 4.74 Å². The van der Waals surface area contributed by atoms with Crippen LogP contribution in [0.3, 0.4) is 0 Å². The fourth-order valence-corrected chi connectivity index (χ4v) is 3.28. The van der Waals surface area contributed by atoms with E-state index in [9.17, 15) is 24.6 Å². The van der Waals surface area contributed by atoms with Gasteiger partial charge in [0.15, 0.2) is 0 Å². The van der Waals surface area contributed by atoms with Gasteiger partial charge in [0.2, 0.25) is 0 Å². The van der Waals surface area contributed by atoms with Crippen molar-refractivity contribution in [3.05, 3.63) is 12.2 Å². The Morgan fingerprint density at radius 1 is 1.18 bits per heavy atom. The minimum absolute atomic E-state index is 0.0746. The molecule has 1 atom stereocenters. The van der Waals surface area contributed by atoms with Crippen LogP contribution in [-0.2, 0) is 19.1 Å². The number of carbonyl (C=O) groups is 3. The lowest BCUT2D eigenvalue weighted by atomic mass is 9.62. The highest BCUT2D eigenvalue weighted by Gasteiger charge is 2.51. The molecule has 22 heavy (non-hydrogen) atoms. The monoisotopic (exact) mass is 312 g/mol. The summed E-state index contributed by atoms with van der Waals surface area (Å²) >= 11 is 0. The Balaban J connectivity index is 3.14. The van der Waals surface area contributed by atoms with Gasteiger partial charge in [0.1, 0.15) is 11.2 Å². The second-order valence-corrected chi connectivity index (χ2v) is 5.85. The highest BCUT2D eigenvalue weighted by molar-refractivity contribution is 5.99. The average molecular weight is 312 g/mol. The molecule has 0 heterocycles. The third-order valence-electron chi connectivity index (χ3n) is 4.54. The number of rotatable bonds is 9. The first-order valence-electron chi connectivity index (χ1n) is 7.53. The van der Waals surface area contributed by atoms with Gasteiger partial charge in [0, 0.05) is 25.5 Å². The summed E-state index contributed by atoms with van der Waals surface area (Å²) in [6.45, 7) is 3.69. The minimum Gasteiger partial charge on any atom is -0.481 e. The maximum atomic E-state index is 12.1. The number of ether oxygens (including phenoxy) is 1. The molecule has 1 fully saturated rings. The van der Waals surface area contributed by atoms with Gasteiger partial charge in [-0.15, -0.1) is 0 Å². The largest absolute Gasteiger partial charge is 0.481 e. The summed E-state index contributed by atoms with van der Waals surface area (Å²) in [4.78, 5) is 35.5. The standard InChI is InChI=1S/C16H24O6/c1-11(14(18)19)16(15(20)21,10-13(17)8-9-22-2)12-6-4-3-5-7-12/h12H,1,3-10H2,2H3,(H,18,19)(H,20,21). The Bertz CT molecular complexity index is 450. The Morgan fingerprint density at radius 3 is 2.23 bits per heavy atom. The Labute approximate surface area is 130 Å². The van der Waals surface area contributed by atoms with Crippen LogP contribution < -0.4 is 0 Å². The molecule has 6 heteroatoms. The predicted molar refractivity (Wildman–Crippen MR) is 79.5 cm³/mol. The van der Waals surface area contributed by atoms with Gasteiger partial charge >= 0.3 is 11.9 Å². The molecule has 1 unspecified atom stereocenters. The fraction of sp³-hybridized carbons (Fsp3) is 0.688. The molecule has 2 N–H and O–H groups in total. The van der Waals surface area contributed by atoms with E-state index < -0.39 is 22.9 Å². The van der Waals surface area contributed by atoms with Crippen LogP contribution in [0.5, 0.6) is 0 Å². The summed E-state index contributed by atoms with van der Waals surface area (Å²) < 4.78 is 4.83. The van der Waals surface area contributed by atoms with Gasteiger partial charge in [-0.1, -0.05) is 25.8 Å². The number of carboxylic acid groups (broad SMARTS) is 2. The van der Waals surface area contributed by atoms with Crippen LogP contribution in [0.1, 0.15) is 44.9 Å². The zero-order valence-corrected chi connectivity index (χ0v) is 13.0. The maximum absolute atomic E-state index is 12.1. The molecule has 1 rings (SSSR count). The molecule has 6 nitrogen and oxygen atoms in total. The molecule has 1 aliphatic rings. The lowest BCUT2D eigenvalue weighted by Crippen LogP contribution is -2.45. The molecule has 124 valence electrons. The molecule has 0 aromatic rings. The summed E-state index contributed by atoms with van der Waals surface area (Å²) in [5.41, 5.74) is -2.10. The molecule has 0 aromatic carbocycles. The zero-order valence-electron chi connectivity index (χ0n) is 13.0. The highest BCUT2D eigenvalue weighted by atomic mass is 16.5. The van der Waals surface area contributed by atoms with Crippen LogP contribution in [-0.4, -0.2) is 41.7 Å². The van der Waals surface area contributed by atoms with E-state index in [1.165, 1.54) is 7.11 Å². The second-order valence-electron chi connectivity index (χ2n) is 5.85. The normalized spacial score (nSPS) is 18.4. The van der Waals surface area contributed by atoms with Crippen LogP contribution in [0.15, 0.2) is 12.2 Å². The quantitative estimate of drug-likeness (QED) is 0.633. The molecular formula is C16H24O6. The lowest BCUT2D eigenvalue weighted by Gasteiger charge is -2.39. The summed E-state index contributed by atoms with van der Waals surface area (Å²) in [5, 5.41) is 19.0. The van der Waals surface area contributed by atoms with Crippen LogP contribution >= 0.6 is 0 Å². The van der Waals surface area contributed by atoms with E-state index >= 15 is 0 Å². The molecule has 1 aliphatic carbocycles. The molecule has 0 saturated heterocycles. The van der Waals surface area contributed by atoms with Crippen LogP contribution in [0.25, 0.3) is 0 Å². The number of methoxy groups -OCH3 is 1. The molecule has 0 spiro atoms. The van der Waals surface area contributed by atoms with E-state index in [1.54, 1.807) is 0 Å². The van der Waals surface area contributed by atoms with Crippen LogP contribution in [0.2, 0.25) is 0 Å². The van der Waals surface area contributed by atoms with E-state index in [0.29, 0.717) is 12.8 Å². The number of aliphatic carboxylic acids is 2. The second kappa shape index (κ2) is 8.08. The Kier molecular flexibility index (Phi) is 6.74. The minimum atomic E-state index is -1.71. The average Bonchev–Trinajstić information content (AvgIpc) is 2.50. The molecule has 0 amide bonds. The van der Waals surface area contributed by atoms with Gasteiger partial charge in [0.05, 0.1) is 6.61 Å². The molecule has 1 saturated carbocycles. The van der Waals surface area contributed by atoms with E-state index in [0.717, 1.165) is 19.3 Å². The number of hydrogen-bond acceptors (Lipinski definition) is 4. The summed E-state index contributed by atoms with van der Waals surface area (Å²) in [6.07, 6.45) is 3.65. The van der Waals surface area contributed by atoms with Crippen molar-refractivity contribution in [2.45, 2.75) is 44.9 Å². The third kappa shape index (κ3) is 3.94. The van der Waals surface area contributed by atoms with Crippen molar-refractivity contribution in [3.63, 3.8) is 0 Å². The van der Waals surface area contributed by atoms with Crippen molar-refractivity contribution < 1.29 is 29.3 Å². The highest BCUT2D eigenvalue weighted by Crippen LogP contribution is 2.46. The van der Waals surface area contributed by atoms with E-state index in [1.807, 2.05) is 0 Å². The van der Waals surface area contributed by atoms with Gasteiger partial charge < -0.3 is 14.9 Å². The number of Topliss-reactive ketones (excluding diaryl/α,β-unsaturated/α-hetero) is 1. The number of hydrogen-bond donors (Lipinski definition) is 2. The molecule has 0 aromatic heterocycles. The number of carboxylic acids is 2. The van der Waals surface area contributed by atoms with Crippen molar-refractivity contribution in [3.8, 4) is 0 Å². The molecule has 0 aliphatic heterocycles. The van der Waals surface area contributed by atoms with Gasteiger partial charge in [-0.3, -0.25) is 9.59 Å². The first-order valence-corrected chi connectivity index (χ1v) is 7.53. The maximum Gasteiger partial charge on any atom is 0.332 e. The van der Waals surface area contributed by atoms with Crippen molar-refractivity contribution >= 4 is 17.7 Å². The van der Waals surface area contributed by atoms with Gasteiger partial charge in [-0.2, -0.15) is 0 Å². The first-order chi connectivity index (χ1) is 10.4. The number of carbonyl (C=O) groups excluding carboxylic acids is 1. The molecular weight excluding hydrogens is 288 g/mol. The summed E-state index contributed by atoms with van der Waals surface area (Å²) in [5.74, 6) is -3.30. The Morgan fingerprint density at radius 2 is 1.77 bits per heavy atom. The van der Waals surface area contributed by atoms with Crippen LogP contribution in [0, 0.1) is 11.3 Å². The predicted octanol–water partition coefficient (Wildman–Crippen LogP) is 2.27. The van der Waals surface area contributed by atoms with Crippen molar-refractivity contribution in [1.82, 2.24) is 0 Å². The fourth-order valence-electron chi connectivity index (χ4n) is 3.28. The zero-order chi connectivity index (χ0) is 16.8. The van der Waals surface area contributed by atoms with E-state index in [2.05, 4.69) is 6.58 Å². The molecule has 0 radical (unpaired) electrons. The topological polar surface area (TPSA) is 101 Å². The SMILES string of the molecule is C=C(C(=O)O)C(CC(=O)CCOC)(C(=O)O)C1CCCCC1. The van der Waals surface area contributed by atoms with Gasteiger partial charge in [-0.25, -0.2) is 4.79 Å². The van der Waals surface area contributed by atoms with Crippen LogP contribution in [0.4, 0.5) is 0 Å². The molecule has 0 bridgehead atoms. The van der Waals surface area contributed by atoms with Gasteiger partial charge in [0.25, 0.3) is 0 Å². The summed E-state index contributed by atoms with van der Waals surface area (Å²) in [6, 6.07) is 0. The Hall–Kier alpha value is -1.69. The van der Waals surface area contributed by atoms with E-state index in [-0.39, 0.29) is 31.1 Å². The summed E-state index contributed by atoms with van der Waals surface area (Å²) in [7, 11) is 1.45.